The molecule has 2 amide bonds. The number of amides is 2. The summed E-state index contributed by atoms with van der Waals surface area (Å²) < 4.78 is 0. The van der Waals surface area contributed by atoms with Gasteiger partial charge >= 0.3 is 0 Å². The van der Waals surface area contributed by atoms with Crippen LogP contribution < -0.4 is 0 Å². The Labute approximate surface area is 142 Å². The minimum atomic E-state index is 0.108. The Morgan fingerprint density at radius 1 is 1.22 bits per heavy atom. The minimum absolute atomic E-state index is 0.108. The molecule has 1 atom stereocenters. The Hall–Kier alpha value is -1.36. The minimum Gasteiger partial charge on any atom is -0.341 e. The second-order valence-electron chi connectivity index (χ2n) is 6.73. The maximum Gasteiger partial charge on any atom is 0.263 e. The van der Waals surface area contributed by atoms with Crippen LogP contribution in [0.4, 0.5) is 0 Å². The molecule has 5 heteroatoms. The summed E-state index contributed by atoms with van der Waals surface area (Å²) in [6, 6.07) is 2.14. The van der Waals surface area contributed by atoms with Gasteiger partial charge in [0.2, 0.25) is 5.91 Å². The lowest BCUT2D eigenvalue weighted by Gasteiger charge is -2.20. The number of fused-ring (bicyclic) bond motifs is 1. The third kappa shape index (κ3) is 3.60. The normalized spacial score (nSPS) is 21.7. The average molecular weight is 334 g/mol. The molecule has 0 N–H and O–H groups in total. The molecule has 0 spiro atoms. The molecule has 0 saturated carbocycles. The molecule has 0 bridgehead atoms. The van der Waals surface area contributed by atoms with E-state index in [1.54, 1.807) is 18.3 Å². The van der Waals surface area contributed by atoms with Crippen LogP contribution in [-0.2, 0) is 17.6 Å². The Morgan fingerprint density at radius 3 is 2.70 bits per heavy atom. The quantitative estimate of drug-likeness (QED) is 0.834. The number of nitrogens with zero attached hydrogens (tertiary/aromatic N) is 2. The molecular weight excluding hydrogens is 308 g/mol. The molecular formula is C18H26N2O2S. The number of hydrogen-bond acceptors (Lipinski definition) is 3. The molecule has 4 nitrogen and oxygen atoms in total. The molecule has 1 aromatic rings. The van der Waals surface area contributed by atoms with Crippen molar-refractivity contribution in [1.82, 2.24) is 9.80 Å². The van der Waals surface area contributed by atoms with E-state index in [9.17, 15) is 9.59 Å². The van der Waals surface area contributed by atoms with Gasteiger partial charge in [0, 0.05) is 38.0 Å². The van der Waals surface area contributed by atoms with Gasteiger partial charge in [0.25, 0.3) is 5.91 Å². The van der Waals surface area contributed by atoms with Crippen LogP contribution in [0.3, 0.4) is 0 Å². The summed E-state index contributed by atoms with van der Waals surface area (Å²) in [5.74, 6) is 1.04. The van der Waals surface area contributed by atoms with Gasteiger partial charge < -0.3 is 9.80 Å². The highest BCUT2D eigenvalue weighted by Crippen LogP contribution is 2.34. The van der Waals surface area contributed by atoms with Gasteiger partial charge in [0.15, 0.2) is 0 Å². The van der Waals surface area contributed by atoms with E-state index < -0.39 is 0 Å². The number of rotatable bonds is 2. The fraction of sp³-hybridized carbons (Fsp3) is 0.667. The maximum absolute atomic E-state index is 12.8. The van der Waals surface area contributed by atoms with Crippen molar-refractivity contribution in [2.75, 3.05) is 26.2 Å². The largest absolute Gasteiger partial charge is 0.341 e. The first-order valence-electron chi connectivity index (χ1n) is 8.74. The molecule has 0 unspecified atom stereocenters. The highest BCUT2D eigenvalue weighted by Gasteiger charge is 2.26. The molecule has 1 aromatic heterocycles. The van der Waals surface area contributed by atoms with Crippen LogP contribution in [0.5, 0.6) is 0 Å². The fourth-order valence-corrected chi connectivity index (χ4v) is 4.82. The number of carbonyl (C=O) groups is 2. The van der Waals surface area contributed by atoms with Crippen molar-refractivity contribution in [2.24, 2.45) is 5.92 Å². The van der Waals surface area contributed by atoms with Gasteiger partial charge in [-0.25, -0.2) is 0 Å². The first-order chi connectivity index (χ1) is 11.1. The van der Waals surface area contributed by atoms with E-state index in [2.05, 4.69) is 13.0 Å². The molecule has 1 aliphatic carbocycles. The van der Waals surface area contributed by atoms with Crippen molar-refractivity contribution in [1.29, 1.82) is 0 Å². The molecule has 0 aromatic carbocycles. The first kappa shape index (κ1) is 16.5. The predicted octanol–water partition coefficient (Wildman–Crippen LogP) is 2.96. The lowest BCUT2D eigenvalue weighted by atomic mass is 9.87. The molecule has 1 aliphatic heterocycles. The topological polar surface area (TPSA) is 40.6 Å². The van der Waals surface area contributed by atoms with E-state index in [0.29, 0.717) is 13.1 Å². The first-order valence-corrected chi connectivity index (χ1v) is 9.56. The molecule has 2 heterocycles. The van der Waals surface area contributed by atoms with Crippen LogP contribution in [0.2, 0.25) is 0 Å². The zero-order valence-corrected chi connectivity index (χ0v) is 15.0. The molecule has 1 saturated heterocycles. The molecule has 126 valence electrons. The summed E-state index contributed by atoms with van der Waals surface area (Å²) in [7, 11) is 0. The van der Waals surface area contributed by atoms with Crippen LogP contribution in [0.15, 0.2) is 6.07 Å². The smallest absolute Gasteiger partial charge is 0.263 e. The number of carbonyl (C=O) groups excluding carboxylic acids is 2. The maximum atomic E-state index is 12.8. The van der Waals surface area contributed by atoms with E-state index in [4.69, 9.17) is 0 Å². The third-order valence-corrected chi connectivity index (χ3v) is 6.43. The highest BCUT2D eigenvalue weighted by atomic mass is 32.1. The lowest BCUT2D eigenvalue weighted by Crippen LogP contribution is -2.36. The van der Waals surface area contributed by atoms with Crippen LogP contribution in [0.25, 0.3) is 0 Å². The van der Waals surface area contributed by atoms with Crippen molar-refractivity contribution >= 4 is 23.2 Å². The molecule has 0 radical (unpaired) electrons. The van der Waals surface area contributed by atoms with E-state index in [0.717, 1.165) is 43.1 Å². The molecule has 1 fully saturated rings. The Balaban J connectivity index is 1.69. The van der Waals surface area contributed by atoms with Gasteiger partial charge in [-0.3, -0.25) is 9.59 Å². The summed E-state index contributed by atoms with van der Waals surface area (Å²) in [6.45, 7) is 6.69. The summed E-state index contributed by atoms with van der Waals surface area (Å²) in [5.41, 5.74) is 1.40. The van der Waals surface area contributed by atoms with E-state index in [1.807, 2.05) is 9.80 Å². The van der Waals surface area contributed by atoms with Crippen molar-refractivity contribution in [2.45, 2.75) is 46.0 Å². The molecule has 23 heavy (non-hydrogen) atoms. The zero-order valence-electron chi connectivity index (χ0n) is 14.1. The number of aryl methyl sites for hydroxylation is 1. The van der Waals surface area contributed by atoms with E-state index >= 15 is 0 Å². The standard InChI is InChI=1S/C18H26N2O2S/c1-3-14-5-6-16-15(11-14)12-17(23-16)18(22)20-8-4-7-19(9-10-20)13(2)21/h12,14H,3-11H2,1-2H3/t14-/m0/s1. The average Bonchev–Trinajstić information content (AvgIpc) is 2.81. The number of thiophene rings is 1. The van der Waals surface area contributed by atoms with Crippen LogP contribution in [0, 0.1) is 5.92 Å². The molecule has 3 rings (SSSR count). The summed E-state index contributed by atoms with van der Waals surface area (Å²) in [4.78, 5) is 30.4. The van der Waals surface area contributed by atoms with Gasteiger partial charge in [0.1, 0.15) is 0 Å². The van der Waals surface area contributed by atoms with Crippen molar-refractivity contribution in [3.8, 4) is 0 Å². The summed E-state index contributed by atoms with van der Waals surface area (Å²) in [6.07, 6.45) is 5.62. The van der Waals surface area contributed by atoms with Gasteiger partial charge in [-0.05, 0) is 43.2 Å². The third-order valence-electron chi connectivity index (χ3n) is 5.20. The fourth-order valence-electron chi connectivity index (χ4n) is 3.64. The Bertz CT molecular complexity index is 596. The summed E-state index contributed by atoms with van der Waals surface area (Å²) in [5, 5.41) is 0. The van der Waals surface area contributed by atoms with Crippen molar-refractivity contribution in [3.63, 3.8) is 0 Å². The van der Waals surface area contributed by atoms with Gasteiger partial charge in [-0.15, -0.1) is 11.3 Å². The monoisotopic (exact) mass is 334 g/mol. The van der Waals surface area contributed by atoms with E-state index in [-0.39, 0.29) is 11.8 Å². The number of hydrogen-bond donors (Lipinski definition) is 0. The van der Waals surface area contributed by atoms with Gasteiger partial charge in [-0.2, -0.15) is 0 Å². The Morgan fingerprint density at radius 2 is 1.96 bits per heavy atom. The second-order valence-corrected chi connectivity index (χ2v) is 7.86. The van der Waals surface area contributed by atoms with E-state index in [1.165, 1.54) is 23.3 Å². The second kappa shape index (κ2) is 7.04. The highest BCUT2D eigenvalue weighted by molar-refractivity contribution is 7.14. The van der Waals surface area contributed by atoms with Crippen LogP contribution in [-0.4, -0.2) is 47.8 Å². The summed E-state index contributed by atoms with van der Waals surface area (Å²) >= 11 is 1.69. The van der Waals surface area contributed by atoms with Crippen molar-refractivity contribution in [3.05, 3.63) is 21.4 Å². The van der Waals surface area contributed by atoms with Gasteiger partial charge in [-0.1, -0.05) is 13.3 Å². The van der Waals surface area contributed by atoms with Gasteiger partial charge in [0.05, 0.1) is 4.88 Å². The SMILES string of the molecule is CC[C@H]1CCc2sc(C(=O)N3CCCN(C(C)=O)CC3)cc2C1. The molecule has 2 aliphatic rings. The van der Waals surface area contributed by atoms with Crippen LogP contribution in [0.1, 0.15) is 53.2 Å². The lowest BCUT2D eigenvalue weighted by molar-refractivity contribution is -0.128. The van der Waals surface area contributed by atoms with Crippen molar-refractivity contribution < 1.29 is 9.59 Å². The zero-order chi connectivity index (χ0) is 16.4. The van der Waals surface area contributed by atoms with Crippen LogP contribution >= 0.6 is 11.3 Å². The predicted molar refractivity (Wildman–Crippen MR) is 92.9 cm³/mol. The Kier molecular flexibility index (Phi) is 5.05.